The third-order valence-corrected chi connectivity index (χ3v) is 4.32. The normalized spacial score (nSPS) is 13.8. The van der Waals surface area contributed by atoms with Gasteiger partial charge in [0.15, 0.2) is 11.6 Å². The maximum Gasteiger partial charge on any atom is 0.240 e. The van der Waals surface area contributed by atoms with E-state index in [9.17, 15) is 17.2 Å². The van der Waals surface area contributed by atoms with Crippen molar-refractivity contribution >= 4 is 10.0 Å². The van der Waals surface area contributed by atoms with E-state index in [1.807, 2.05) is 0 Å². The molecule has 0 aliphatic carbocycles. The second-order valence-corrected chi connectivity index (χ2v) is 6.78. The van der Waals surface area contributed by atoms with E-state index in [1.165, 1.54) is 0 Å². The topological polar surface area (TPSA) is 46.2 Å². The van der Waals surface area contributed by atoms with Gasteiger partial charge in [-0.2, -0.15) is 0 Å². The quantitative estimate of drug-likeness (QED) is 0.875. The highest BCUT2D eigenvalue weighted by Gasteiger charge is 2.19. The first kappa shape index (κ1) is 16.0. The summed E-state index contributed by atoms with van der Waals surface area (Å²) in [7, 11) is -3.80. The maximum absolute atomic E-state index is 13.0. The van der Waals surface area contributed by atoms with Crippen molar-refractivity contribution in [2.45, 2.75) is 44.6 Å². The summed E-state index contributed by atoms with van der Waals surface area (Å²) in [6.45, 7) is 5.85. The van der Waals surface area contributed by atoms with Gasteiger partial charge in [0.05, 0.1) is 4.90 Å². The van der Waals surface area contributed by atoms with Crippen molar-refractivity contribution in [3.05, 3.63) is 29.8 Å². The highest BCUT2D eigenvalue weighted by Crippen LogP contribution is 2.15. The molecule has 0 spiro atoms. The average molecular weight is 291 g/mol. The van der Waals surface area contributed by atoms with E-state index in [0.29, 0.717) is 18.4 Å². The molecule has 6 heteroatoms. The van der Waals surface area contributed by atoms with E-state index in [-0.39, 0.29) is 10.9 Å². The van der Waals surface area contributed by atoms with Crippen LogP contribution >= 0.6 is 0 Å². The van der Waals surface area contributed by atoms with Gasteiger partial charge in [-0.05, 0) is 43.9 Å². The number of nitrogens with one attached hydrogen (secondary N) is 1. The Hall–Kier alpha value is -1.01. The fourth-order valence-corrected chi connectivity index (χ4v) is 2.91. The molecule has 1 N–H and O–H groups in total. The van der Waals surface area contributed by atoms with E-state index >= 15 is 0 Å². The lowest BCUT2D eigenvalue weighted by Crippen LogP contribution is -2.32. The maximum atomic E-state index is 13.0. The lowest BCUT2D eigenvalue weighted by atomic mass is 10.1. The molecule has 0 saturated carbocycles. The van der Waals surface area contributed by atoms with Gasteiger partial charge in [0, 0.05) is 6.04 Å². The van der Waals surface area contributed by atoms with Gasteiger partial charge in [0.1, 0.15) is 0 Å². The van der Waals surface area contributed by atoms with Crippen LogP contribution in [-0.4, -0.2) is 14.5 Å². The molecule has 1 unspecified atom stereocenters. The minimum atomic E-state index is -3.80. The molecule has 0 aliphatic heterocycles. The molecule has 0 bridgehead atoms. The van der Waals surface area contributed by atoms with Crippen LogP contribution in [0.25, 0.3) is 0 Å². The Kier molecular flexibility index (Phi) is 5.43. The van der Waals surface area contributed by atoms with Crippen LogP contribution < -0.4 is 4.72 Å². The molecule has 0 radical (unpaired) electrons. The van der Waals surface area contributed by atoms with Gasteiger partial charge in [-0.3, -0.25) is 0 Å². The Bertz CT molecular complexity index is 529. The third-order valence-electron chi connectivity index (χ3n) is 2.73. The van der Waals surface area contributed by atoms with E-state index < -0.39 is 21.7 Å². The molecule has 1 aromatic carbocycles. The zero-order valence-electron chi connectivity index (χ0n) is 11.3. The van der Waals surface area contributed by atoms with Gasteiger partial charge in [0.25, 0.3) is 0 Å². The second kappa shape index (κ2) is 6.43. The van der Waals surface area contributed by atoms with E-state index in [2.05, 4.69) is 18.6 Å². The molecule has 0 amide bonds. The molecule has 19 heavy (non-hydrogen) atoms. The van der Waals surface area contributed by atoms with Crippen LogP contribution in [-0.2, 0) is 10.0 Å². The Morgan fingerprint density at radius 3 is 2.26 bits per heavy atom. The van der Waals surface area contributed by atoms with Crippen LogP contribution in [0.15, 0.2) is 23.1 Å². The lowest BCUT2D eigenvalue weighted by Gasteiger charge is -2.15. The molecule has 0 aromatic heterocycles. The number of hydrogen-bond acceptors (Lipinski definition) is 2. The monoisotopic (exact) mass is 291 g/mol. The predicted octanol–water partition coefficient (Wildman–Crippen LogP) is 3.07. The fraction of sp³-hybridized carbons (Fsp3) is 0.538. The van der Waals surface area contributed by atoms with Crippen LogP contribution in [0.4, 0.5) is 8.78 Å². The predicted molar refractivity (Wildman–Crippen MR) is 70.2 cm³/mol. The fourth-order valence-electron chi connectivity index (χ4n) is 1.62. The number of benzene rings is 1. The van der Waals surface area contributed by atoms with E-state index in [0.717, 1.165) is 18.6 Å². The van der Waals surface area contributed by atoms with E-state index in [1.54, 1.807) is 6.92 Å². The summed E-state index contributed by atoms with van der Waals surface area (Å²) in [5, 5.41) is 0. The van der Waals surface area contributed by atoms with Gasteiger partial charge >= 0.3 is 0 Å². The van der Waals surface area contributed by atoms with Gasteiger partial charge in [-0.15, -0.1) is 0 Å². The van der Waals surface area contributed by atoms with Crippen molar-refractivity contribution < 1.29 is 17.2 Å². The number of sulfonamides is 1. The van der Waals surface area contributed by atoms with Gasteiger partial charge in [-0.1, -0.05) is 13.8 Å². The highest BCUT2D eigenvalue weighted by molar-refractivity contribution is 7.89. The summed E-state index contributed by atoms with van der Waals surface area (Å²) < 4.78 is 52.2. The van der Waals surface area contributed by atoms with Crippen LogP contribution in [0.3, 0.4) is 0 Å². The zero-order chi connectivity index (χ0) is 14.6. The molecule has 1 rings (SSSR count). The smallest absolute Gasteiger partial charge is 0.208 e. The molecular formula is C13H19F2NO2S. The molecule has 108 valence electrons. The van der Waals surface area contributed by atoms with Crippen LogP contribution in [0, 0.1) is 17.6 Å². The minimum absolute atomic E-state index is 0.250. The van der Waals surface area contributed by atoms with E-state index in [4.69, 9.17) is 0 Å². The van der Waals surface area contributed by atoms with Crippen molar-refractivity contribution in [1.29, 1.82) is 0 Å². The van der Waals surface area contributed by atoms with Crippen molar-refractivity contribution in [3.8, 4) is 0 Å². The van der Waals surface area contributed by atoms with Crippen molar-refractivity contribution in [2.24, 2.45) is 5.92 Å². The molecular weight excluding hydrogens is 272 g/mol. The summed E-state index contributed by atoms with van der Waals surface area (Å²) in [6, 6.07) is 2.30. The molecule has 0 fully saturated rings. The number of halogens is 2. The second-order valence-electron chi connectivity index (χ2n) is 5.07. The molecule has 1 atom stereocenters. The Morgan fingerprint density at radius 1 is 1.11 bits per heavy atom. The largest absolute Gasteiger partial charge is 0.240 e. The van der Waals surface area contributed by atoms with Crippen molar-refractivity contribution in [2.75, 3.05) is 0 Å². The summed E-state index contributed by atoms with van der Waals surface area (Å²) in [5.41, 5.74) is 0. The van der Waals surface area contributed by atoms with Crippen molar-refractivity contribution in [3.63, 3.8) is 0 Å². The molecule has 3 nitrogen and oxygen atoms in total. The molecule has 0 saturated heterocycles. The Balaban J connectivity index is 2.77. The Morgan fingerprint density at radius 2 is 1.74 bits per heavy atom. The van der Waals surface area contributed by atoms with Gasteiger partial charge < -0.3 is 0 Å². The van der Waals surface area contributed by atoms with Gasteiger partial charge in [0.2, 0.25) is 10.0 Å². The summed E-state index contributed by atoms with van der Waals surface area (Å²) >= 11 is 0. The lowest BCUT2D eigenvalue weighted by molar-refractivity contribution is 0.483. The number of rotatable bonds is 6. The highest BCUT2D eigenvalue weighted by atomic mass is 32.2. The zero-order valence-corrected chi connectivity index (χ0v) is 12.1. The molecule has 0 heterocycles. The average Bonchev–Trinajstić information content (AvgIpc) is 2.29. The first-order valence-corrected chi connectivity index (χ1v) is 7.68. The molecule has 0 aliphatic rings. The van der Waals surface area contributed by atoms with Crippen LogP contribution in [0.5, 0.6) is 0 Å². The van der Waals surface area contributed by atoms with Gasteiger partial charge in [-0.25, -0.2) is 21.9 Å². The third kappa shape index (κ3) is 4.87. The summed E-state index contributed by atoms with van der Waals surface area (Å²) in [6.07, 6.45) is 1.59. The first-order valence-electron chi connectivity index (χ1n) is 6.19. The molecule has 1 aromatic rings. The first-order chi connectivity index (χ1) is 8.72. The van der Waals surface area contributed by atoms with Crippen LogP contribution in [0.1, 0.15) is 33.6 Å². The number of hydrogen-bond donors (Lipinski definition) is 1. The van der Waals surface area contributed by atoms with Crippen molar-refractivity contribution in [1.82, 2.24) is 4.72 Å². The standard InChI is InChI=1S/C13H19F2NO2S/c1-9(2)4-5-10(3)16-19(17,18)11-6-7-12(14)13(15)8-11/h6-10,16H,4-5H2,1-3H3. The Labute approximate surface area is 113 Å². The minimum Gasteiger partial charge on any atom is -0.208 e. The summed E-state index contributed by atoms with van der Waals surface area (Å²) in [4.78, 5) is -0.261. The summed E-state index contributed by atoms with van der Waals surface area (Å²) in [5.74, 6) is -1.75. The van der Waals surface area contributed by atoms with Crippen LogP contribution in [0.2, 0.25) is 0 Å². The SMILES string of the molecule is CC(C)CCC(C)NS(=O)(=O)c1ccc(F)c(F)c1.